The van der Waals surface area contributed by atoms with Crippen LogP contribution in [0.15, 0.2) is 42.5 Å². The van der Waals surface area contributed by atoms with Gasteiger partial charge in [-0.05, 0) is 63.6 Å². The minimum Gasteiger partial charge on any atom is -0.465 e. The first-order valence-corrected chi connectivity index (χ1v) is 13.3. The molecular weight excluding hydrogens is 472 g/mol. The lowest BCUT2D eigenvalue weighted by Crippen LogP contribution is -2.56. The Bertz CT molecular complexity index is 1160. The second-order valence-electron chi connectivity index (χ2n) is 10.8. The SMILES string of the molecule is Cc1ccc(C)c(N2CC=C[C@]34O[C@]5(C)C=CCCOC(=O)[C@@H]5[C@H]3C(=O)N(CCCCCO)C4C2=O)c1. The Morgan fingerprint density at radius 1 is 1.03 bits per heavy atom. The lowest BCUT2D eigenvalue weighted by Gasteiger charge is -2.38. The number of fused-ring (bicyclic) bond motifs is 2. The summed E-state index contributed by atoms with van der Waals surface area (Å²) in [4.78, 5) is 45.2. The quantitative estimate of drug-likeness (QED) is 0.361. The Morgan fingerprint density at radius 2 is 1.84 bits per heavy atom. The number of carbonyl (C=O) groups excluding carboxylic acids is 3. The van der Waals surface area contributed by atoms with Gasteiger partial charge in [-0.25, -0.2) is 0 Å². The van der Waals surface area contributed by atoms with Gasteiger partial charge in [0.2, 0.25) is 5.91 Å². The third-order valence-corrected chi connectivity index (χ3v) is 8.23. The molecule has 5 atom stereocenters. The van der Waals surface area contributed by atoms with Gasteiger partial charge in [0, 0.05) is 25.4 Å². The molecule has 8 nitrogen and oxygen atoms in total. The Kier molecular flexibility index (Phi) is 6.75. The molecule has 1 aromatic carbocycles. The Balaban J connectivity index is 1.61. The number of benzene rings is 1. The van der Waals surface area contributed by atoms with Crippen molar-refractivity contribution in [1.82, 2.24) is 4.90 Å². The summed E-state index contributed by atoms with van der Waals surface area (Å²) in [6, 6.07) is 5.08. The summed E-state index contributed by atoms with van der Waals surface area (Å²) in [6.45, 7) is 6.78. The predicted molar refractivity (Wildman–Crippen MR) is 138 cm³/mol. The molecule has 0 radical (unpaired) electrons. The lowest BCUT2D eigenvalue weighted by atomic mass is 9.74. The van der Waals surface area contributed by atoms with Gasteiger partial charge < -0.3 is 24.4 Å². The van der Waals surface area contributed by atoms with Gasteiger partial charge in [-0.1, -0.05) is 36.4 Å². The van der Waals surface area contributed by atoms with E-state index in [1.54, 1.807) is 9.80 Å². The fourth-order valence-electron chi connectivity index (χ4n) is 6.52. The van der Waals surface area contributed by atoms with Gasteiger partial charge in [-0.2, -0.15) is 0 Å². The Morgan fingerprint density at radius 3 is 2.62 bits per heavy atom. The highest BCUT2D eigenvalue weighted by atomic mass is 16.6. The maximum atomic E-state index is 14.4. The second kappa shape index (κ2) is 9.72. The average molecular weight is 509 g/mol. The van der Waals surface area contributed by atoms with Crippen molar-refractivity contribution in [3.8, 4) is 0 Å². The van der Waals surface area contributed by atoms with Crippen LogP contribution in [0.2, 0.25) is 0 Å². The Hall–Kier alpha value is -2.97. The van der Waals surface area contributed by atoms with Crippen LogP contribution < -0.4 is 4.90 Å². The maximum Gasteiger partial charge on any atom is 0.313 e. The van der Waals surface area contributed by atoms with Crippen LogP contribution in [0, 0.1) is 25.7 Å². The van der Waals surface area contributed by atoms with Crippen molar-refractivity contribution >= 4 is 23.5 Å². The molecule has 0 aromatic heterocycles. The van der Waals surface area contributed by atoms with E-state index in [9.17, 15) is 19.5 Å². The number of aryl methyl sites for hydroxylation is 2. The highest BCUT2D eigenvalue weighted by molar-refractivity contribution is 6.06. The molecule has 1 unspecified atom stereocenters. The average Bonchev–Trinajstić information content (AvgIpc) is 3.17. The number of aliphatic hydroxyl groups is 1. The third kappa shape index (κ3) is 4.10. The molecule has 8 heteroatoms. The van der Waals surface area contributed by atoms with E-state index in [0.717, 1.165) is 23.2 Å². The standard InChI is InChI=1S/C29H36N2O6/c1-19-10-11-20(2)21(18-19)30-15-9-13-29-22(23-27(35)36-17-8-5-12-28(23,3)37-29)25(33)31(24(29)26(30)34)14-6-4-7-16-32/h5,9-13,18,22-24,32H,4,6-8,14-17H2,1-3H3/t22-,23-,24?,28+,29-/m0/s1. The Labute approximate surface area is 217 Å². The number of rotatable bonds is 6. The van der Waals surface area contributed by atoms with Gasteiger partial charge in [-0.15, -0.1) is 0 Å². The van der Waals surface area contributed by atoms with E-state index in [0.29, 0.717) is 32.4 Å². The predicted octanol–water partition coefficient (Wildman–Crippen LogP) is 2.84. The smallest absolute Gasteiger partial charge is 0.313 e. The zero-order valence-electron chi connectivity index (χ0n) is 21.8. The summed E-state index contributed by atoms with van der Waals surface area (Å²) in [5.41, 5.74) is 0.445. The van der Waals surface area contributed by atoms with E-state index < -0.39 is 35.0 Å². The number of cyclic esters (lactones) is 1. The number of ether oxygens (including phenoxy) is 2. The van der Waals surface area contributed by atoms with E-state index in [2.05, 4.69) is 0 Å². The first kappa shape index (κ1) is 25.7. The van der Waals surface area contributed by atoms with Gasteiger partial charge in [0.25, 0.3) is 5.91 Å². The van der Waals surface area contributed by atoms with Crippen molar-refractivity contribution in [3.63, 3.8) is 0 Å². The van der Waals surface area contributed by atoms with E-state index >= 15 is 0 Å². The molecule has 2 saturated heterocycles. The summed E-state index contributed by atoms with van der Waals surface area (Å²) in [5, 5.41) is 9.22. The highest BCUT2D eigenvalue weighted by Crippen LogP contribution is 2.57. The fourth-order valence-corrected chi connectivity index (χ4v) is 6.52. The summed E-state index contributed by atoms with van der Waals surface area (Å²) in [6.07, 6.45) is 10.1. The number of anilines is 1. The number of amides is 2. The van der Waals surface area contributed by atoms with Gasteiger partial charge in [0.05, 0.1) is 18.1 Å². The first-order valence-electron chi connectivity index (χ1n) is 13.3. The van der Waals surface area contributed by atoms with Gasteiger partial charge in [0.1, 0.15) is 17.6 Å². The topological polar surface area (TPSA) is 96.4 Å². The van der Waals surface area contributed by atoms with Crippen LogP contribution >= 0.6 is 0 Å². The number of aliphatic hydroxyl groups excluding tert-OH is 1. The molecule has 198 valence electrons. The third-order valence-electron chi connectivity index (χ3n) is 8.23. The number of hydrogen-bond donors (Lipinski definition) is 1. The fraction of sp³-hybridized carbons (Fsp3) is 0.552. The minimum absolute atomic E-state index is 0.0771. The highest BCUT2D eigenvalue weighted by Gasteiger charge is 2.74. The van der Waals surface area contributed by atoms with Crippen LogP contribution in [0.5, 0.6) is 0 Å². The van der Waals surface area contributed by atoms with Crippen molar-refractivity contribution in [1.29, 1.82) is 0 Å². The molecule has 5 rings (SSSR count). The molecule has 1 aromatic rings. The van der Waals surface area contributed by atoms with Crippen molar-refractivity contribution in [2.75, 3.05) is 31.2 Å². The normalized spacial score (nSPS) is 33.0. The number of unbranched alkanes of at least 4 members (excludes halogenated alkanes) is 2. The van der Waals surface area contributed by atoms with Crippen LogP contribution in [-0.4, -0.2) is 71.3 Å². The molecule has 0 saturated carbocycles. The van der Waals surface area contributed by atoms with Gasteiger partial charge in [0.15, 0.2) is 0 Å². The summed E-state index contributed by atoms with van der Waals surface area (Å²) >= 11 is 0. The van der Waals surface area contributed by atoms with Crippen LogP contribution in [-0.2, 0) is 23.9 Å². The summed E-state index contributed by atoms with van der Waals surface area (Å²) in [5.74, 6) is -2.65. The molecule has 4 aliphatic heterocycles. The molecule has 4 heterocycles. The molecule has 2 fully saturated rings. The van der Waals surface area contributed by atoms with Gasteiger partial charge >= 0.3 is 5.97 Å². The number of hydrogen-bond acceptors (Lipinski definition) is 6. The van der Waals surface area contributed by atoms with E-state index in [-0.39, 0.29) is 25.0 Å². The summed E-state index contributed by atoms with van der Waals surface area (Å²) in [7, 11) is 0. The molecule has 37 heavy (non-hydrogen) atoms. The van der Waals surface area contributed by atoms with Crippen LogP contribution in [0.1, 0.15) is 43.7 Å². The lowest BCUT2D eigenvalue weighted by molar-refractivity contribution is -0.159. The van der Waals surface area contributed by atoms with Crippen molar-refractivity contribution in [2.45, 2.75) is 63.7 Å². The van der Waals surface area contributed by atoms with Crippen LogP contribution in [0.4, 0.5) is 5.69 Å². The zero-order chi connectivity index (χ0) is 26.4. The molecule has 2 amide bonds. The van der Waals surface area contributed by atoms with Gasteiger partial charge in [-0.3, -0.25) is 14.4 Å². The van der Waals surface area contributed by atoms with Crippen LogP contribution in [0.25, 0.3) is 0 Å². The van der Waals surface area contributed by atoms with E-state index in [1.807, 2.05) is 63.3 Å². The maximum absolute atomic E-state index is 14.4. The molecule has 1 N–H and O–H groups in total. The number of esters is 1. The molecule has 4 aliphatic rings. The van der Waals surface area contributed by atoms with E-state index in [4.69, 9.17) is 9.47 Å². The molecule has 0 bridgehead atoms. The number of likely N-dealkylation sites (tertiary alicyclic amines) is 1. The van der Waals surface area contributed by atoms with Crippen molar-refractivity contribution in [2.24, 2.45) is 11.8 Å². The van der Waals surface area contributed by atoms with Crippen molar-refractivity contribution in [3.05, 3.63) is 53.6 Å². The molecular formula is C29H36N2O6. The van der Waals surface area contributed by atoms with E-state index in [1.165, 1.54) is 0 Å². The number of carbonyl (C=O) groups is 3. The largest absolute Gasteiger partial charge is 0.465 e. The van der Waals surface area contributed by atoms with Crippen molar-refractivity contribution < 1.29 is 29.0 Å². The molecule has 0 aliphatic carbocycles. The van der Waals surface area contributed by atoms with Crippen LogP contribution in [0.3, 0.4) is 0 Å². The summed E-state index contributed by atoms with van der Waals surface area (Å²) < 4.78 is 12.3. The molecule has 1 spiro atoms. The second-order valence-corrected chi connectivity index (χ2v) is 10.8. The number of nitrogens with zero attached hydrogens (tertiary/aromatic N) is 2. The minimum atomic E-state index is -1.29. The first-order chi connectivity index (χ1) is 17.7. The monoisotopic (exact) mass is 508 g/mol. The zero-order valence-corrected chi connectivity index (χ0v) is 21.8.